The smallest absolute Gasteiger partial charge is 0.253 e. The Hall–Kier alpha value is -1.85. The molecule has 1 unspecified atom stereocenters. The number of thiophene rings is 1. The van der Waals surface area contributed by atoms with Crippen molar-refractivity contribution < 1.29 is 9.90 Å². The van der Waals surface area contributed by atoms with Crippen molar-refractivity contribution in [1.29, 1.82) is 0 Å². The lowest BCUT2D eigenvalue weighted by molar-refractivity contribution is 0.0917. The van der Waals surface area contributed by atoms with Crippen LogP contribution in [0.2, 0.25) is 0 Å². The van der Waals surface area contributed by atoms with Gasteiger partial charge in [-0.05, 0) is 34.5 Å². The van der Waals surface area contributed by atoms with E-state index in [0.717, 1.165) is 5.56 Å². The van der Waals surface area contributed by atoms with E-state index in [-0.39, 0.29) is 12.5 Å². The number of para-hydroxylation sites is 1. The summed E-state index contributed by atoms with van der Waals surface area (Å²) in [6, 6.07) is 8.68. The van der Waals surface area contributed by atoms with E-state index in [1.165, 1.54) is 11.3 Å². The number of carbonyl (C=O) groups excluding carboxylic acids is 1. The third-order valence-corrected chi connectivity index (χ3v) is 3.29. The van der Waals surface area contributed by atoms with Gasteiger partial charge in [-0.2, -0.15) is 11.3 Å². The molecule has 1 aromatic carbocycles. The highest BCUT2D eigenvalue weighted by Gasteiger charge is 2.12. The number of nitrogens with two attached hydrogens (primary N) is 1. The number of aliphatic hydroxyl groups excluding tert-OH is 1. The summed E-state index contributed by atoms with van der Waals surface area (Å²) in [5.41, 5.74) is 7.36. The molecule has 4 N–H and O–H groups in total. The Balaban J connectivity index is 1.95. The number of aliphatic hydroxyl groups is 1. The van der Waals surface area contributed by atoms with Crippen LogP contribution >= 0.6 is 11.3 Å². The Morgan fingerprint density at radius 2 is 2.17 bits per heavy atom. The van der Waals surface area contributed by atoms with E-state index in [1.54, 1.807) is 24.3 Å². The Morgan fingerprint density at radius 3 is 2.83 bits per heavy atom. The van der Waals surface area contributed by atoms with Gasteiger partial charge >= 0.3 is 0 Å². The molecule has 1 heterocycles. The molecule has 1 aromatic heterocycles. The minimum absolute atomic E-state index is 0.171. The summed E-state index contributed by atoms with van der Waals surface area (Å²) >= 11 is 1.51. The molecule has 2 rings (SSSR count). The lowest BCUT2D eigenvalue weighted by Gasteiger charge is -2.11. The first kappa shape index (κ1) is 12.6. The van der Waals surface area contributed by atoms with Gasteiger partial charge in [0, 0.05) is 12.2 Å². The van der Waals surface area contributed by atoms with E-state index in [9.17, 15) is 9.90 Å². The summed E-state index contributed by atoms with van der Waals surface area (Å²) in [7, 11) is 0. The summed E-state index contributed by atoms with van der Waals surface area (Å²) in [5, 5.41) is 16.2. The summed E-state index contributed by atoms with van der Waals surface area (Å²) in [4.78, 5) is 11.8. The number of hydrogen-bond acceptors (Lipinski definition) is 4. The average Bonchev–Trinajstić information content (AvgIpc) is 2.90. The van der Waals surface area contributed by atoms with E-state index in [1.807, 2.05) is 16.8 Å². The fraction of sp³-hybridized carbons (Fsp3) is 0.154. The predicted octanol–water partition coefficient (Wildman–Crippen LogP) is 1.79. The van der Waals surface area contributed by atoms with Crippen molar-refractivity contribution in [2.45, 2.75) is 6.10 Å². The van der Waals surface area contributed by atoms with Crippen LogP contribution in [0.25, 0.3) is 0 Å². The first-order chi connectivity index (χ1) is 8.68. The van der Waals surface area contributed by atoms with Crippen LogP contribution < -0.4 is 11.1 Å². The van der Waals surface area contributed by atoms with Crippen LogP contribution in [0.1, 0.15) is 22.0 Å². The van der Waals surface area contributed by atoms with Gasteiger partial charge < -0.3 is 16.2 Å². The molecular formula is C13H14N2O2S. The fourth-order valence-electron chi connectivity index (χ4n) is 1.57. The van der Waals surface area contributed by atoms with Gasteiger partial charge in [-0.25, -0.2) is 0 Å². The maximum absolute atomic E-state index is 11.8. The van der Waals surface area contributed by atoms with E-state index >= 15 is 0 Å². The molecule has 4 nitrogen and oxygen atoms in total. The van der Waals surface area contributed by atoms with Gasteiger partial charge in [0.05, 0.1) is 11.7 Å². The molecule has 5 heteroatoms. The fourth-order valence-corrected chi connectivity index (χ4v) is 2.28. The second-order valence-corrected chi connectivity index (χ2v) is 4.65. The van der Waals surface area contributed by atoms with Crippen molar-refractivity contribution in [2.75, 3.05) is 12.3 Å². The molecule has 0 radical (unpaired) electrons. The number of anilines is 1. The summed E-state index contributed by atoms with van der Waals surface area (Å²) in [6.45, 7) is 0.171. The van der Waals surface area contributed by atoms with E-state index < -0.39 is 6.10 Å². The molecule has 94 valence electrons. The maximum Gasteiger partial charge on any atom is 0.253 e. The van der Waals surface area contributed by atoms with Crippen molar-refractivity contribution in [2.24, 2.45) is 0 Å². The van der Waals surface area contributed by atoms with Gasteiger partial charge in [0.2, 0.25) is 0 Å². The molecule has 0 aliphatic carbocycles. The molecule has 0 saturated carbocycles. The molecular weight excluding hydrogens is 248 g/mol. The zero-order valence-corrected chi connectivity index (χ0v) is 10.5. The summed E-state index contributed by atoms with van der Waals surface area (Å²) in [6.07, 6.45) is -0.690. The molecule has 18 heavy (non-hydrogen) atoms. The number of rotatable bonds is 4. The third kappa shape index (κ3) is 2.88. The van der Waals surface area contributed by atoms with E-state index in [2.05, 4.69) is 5.32 Å². The third-order valence-electron chi connectivity index (χ3n) is 2.59. The predicted molar refractivity (Wildman–Crippen MR) is 72.5 cm³/mol. The minimum atomic E-state index is -0.690. The molecule has 0 bridgehead atoms. The monoisotopic (exact) mass is 262 g/mol. The first-order valence-corrected chi connectivity index (χ1v) is 6.45. The van der Waals surface area contributed by atoms with Crippen molar-refractivity contribution >= 4 is 22.9 Å². The highest BCUT2D eigenvalue weighted by atomic mass is 32.1. The van der Waals surface area contributed by atoms with Crippen LogP contribution in [-0.2, 0) is 0 Å². The summed E-state index contributed by atoms with van der Waals surface area (Å²) in [5.74, 6) is -0.276. The van der Waals surface area contributed by atoms with Gasteiger partial charge in [0.15, 0.2) is 0 Å². The van der Waals surface area contributed by atoms with Crippen molar-refractivity contribution in [1.82, 2.24) is 5.32 Å². The van der Waals surface area contributed by atoms with Gasteiger partial charge in [-0.15, -0.1) is 0 Å². The largest absolute Gasteiger partial charge is 0.398 e. The number of nitrogen functional groups attached to an aromatic ring is 1. The standard InChI is InChI=1S/C13H14N2O2S/c14-11-4-2-1-3-10(11)13(17)15-7-12(16)9-5-6-18-8-9/h1-6,8,12,16H,7,14H2,(H,15,17). The Kier molecular flexibility index (Phi) is 3.96. The number of hydrogen-bond donors (Lipinski definition) is 3. The number of amides is 1. The Labute approximate surface area is 109 Å². The van der Waals surface area contributed by atoms with E-state index in [4.69, 9.17) is 5.73 Å². The second kappa shape index (κ2) is 5.66. The van der Waals surface area contributed by atoms with Crippen LogP contribution in [0.5, 0.6) is 0 Å². The maximum atomic E-state index is 11.8. The average molecular weight is 262 g/mol. The Bertz CT molecular complexity index is 526. The second-order valence-electron chi connectivity index (χ2n) is 3.87. The lowest BCUT2D eigenvalue weighted by atomic mass is 10.1. The first-order valence-electron chi connectivity index (χ1n) is 5.51. The molecule has 0 aliphatic rings. The van der Waals surface area contributed by atoms with Crippen LogP contribution in [0.4, 0.5) is 5.69 Å². The molecule has 1 amide bonds. The molecule has 0 spiro atoms. The zero-order chi connectivity index (χ0) is 13.0. The van der Waals surface area contributed by atoms with Crippen LogP contribution in [0.15, 0.2) is 41.1 Å². The highest BCUT2D eigenvalue weighted by Crippen LogP contribution is 2.16. The molecule has 2 aromatic rings. The van der Waals surface area contributed by atoms with Crippen molar-refractivity contribution in [3.8, 4) is 0 Å². The number of nitrogens with one attached hydrogen (secondary N) is 1. The summed E-state index contributed by atoms with van der Waals surface area (Å²) < 4.78 is 0. The topological polar surface area (TPSA) is 75.4 Å². The lowest BCUT2D eigenvalue weighted by Crippen LogP contribution is -2.28. The van der Waals surface area contributed by atoms with Crippen molar-refractivity contribution in [3.63, 3.8) is 0 Å². The van der Waals surface area contributed by atoms with Gasteiger partial charge in [0.1, 0.15) is 0 Å². The SMILES string of the molecule is Nc1ccccc1C(=O)NCC(O)c1ccsc1. The minimum Gasteiger partial charge on any atom is -0.398 e. The molecule has 0 saturated heterocycles. The van der Waals surface area contributed by atoms with Crippen LogP contribution in [0.3, 0.4) is 0 Å². The number of carbonyl (C=O) groups is 1. The normalized spacial score (nSPS) is 12.1. The van der Waals surface area contributed by atoms with Gasteiger partial charge in [-0.1, -0.05) is 12.1 Å². The van der Waals surface area contributed by atoms with Crippen LogP contribution in [0, 0.1) is 0 Å². The number of benzene rings is 1. The molecule has 0 fully saturated rings. The molecule has 1 atom stereocenters. The van der Waals surface area contributed by atoms with Gasteiger partial charge in [0.25, 0.3) is 5.91 Å². The Morgan fingerprint density at radius 1 is 1.39 bits per heavy atom. The van der Waals surface area contributed by atoms with Crippen molar-refractivity contribution in [3.05, 3.63) is 52.2 Å². The van der Waals surface area contributed by atoms with Crippen LogP contribution in [-0.4, -0.2) is 17.6 Å². The molecule has 0 aliphatic heterocycles. The van der Waals surface area contributed by atoms with E-state index in [0.29, 0.717) is 11.3 Å². The highest BCUT2D eigenvalue weighted by molar-refractivity contribution is 7.07. The zero-order valence-electron chi connectivity index (χ0n) is 9.67. The van der Waals surface area contributed by atoms with Gasteiger partial charge in [-0.3, -0.25) is 4.79 Å². The quantitative estimate of drug-likeness (QED) is 0.735.